The lowest BCUT2D eigenvalue weighted by atomic mass is 9.87. The standard InChI is InChI=1S/C21H32N2O3S/c1-16-3-7-18(8-4-16)23-21(24)10-6-17-5-9-19(20(15-17)25-2)26-13-11-22-12-14-27/h5-6,9-10,15-16,18,22,27H,3-4,7-8,11-14H2,1-2H3,(H,23,24)/t16-,18-. The van der Waals surface area contributed by atoms with E-state index in [1.165, 1.54) is 12.8 Å². The van der Waals surface area contributed by atoms with Crippen molar-refractivity contribution in [3.8, 4) is 11.5 Å². The molecule has 27 heavy (non-hydrogen) atoms. The van der Waals surface area contributed by atoms with Gasteiger partial charge in [-0.15, -0.1) is 0 Å². The number of thiol groups is 1. The number of ether oxygens (including phenoxy) is 2. The maximum absolute atomic E-state index is 12.1. The van der Waals surface area contributed by atoms with E-state index in [9.17, 15) is 4.79 Å². The first-order valence-electron chi connectivity index (χ1n) is 9.73. The summed E-state index contributed by atoms with van der Waals surface area (Å²) >= 11 is 4.15. The maximum Gasteiger partial charge on any atom is 0.244 e. The van der Waals surface area contributed by atoms with Gasteiger partial charge in [0.1, 0.15) is 6.61 Å². The molecule has 6 heteroatoms. The molecule has 0 bridgehead atoms. The van der Waals surface area contributed by atoms with Crippen molar-refractivity contribution in [3.63, 3.8) is 0 Å². The van der Waals surface area contributed by atoms with Gasteiger partial charge in [0.2, 0.25) is 5.91 Å². The van der Waals surface area contributed by atoms with Crippen LogP contribution in [0.25, 0.3) is 6.08 Å². The highest BCUT2D eigenvalue weighted by Gasteiger charge is 2.18. The first-order valence-corrected chi connectivity index (χ1v) is 10.4. The Hall–Kier alpha value is -1.66. The second-order valence-corrected chi connectivity index (χ2v) is 7.48. The van der Waals surface area contributed by atoms with Gasteiger partial charge in [-0.2, -0.15) is 12.6 Å². The van der Waals surface area contributed by atoms with Crippen LogP contribution < -0.4 is 20.1 Å². The lowest BCUT2D eigenvalue weighted by Crippen LogP contribution is -2.36. The number of methoxy groups -OCH3 is 1. The van der Waals surface area contributed by atoms with E-state index in [0.717, 1.165) is 43.2 Å². The second kappa shape index (κ2) is 11.9. The van der Waals surface area contributed by atoms with Gasteiger partial charge in [0.25, 0.3) is 0 Å². The Balaban J connectivity index is 1.84. The van der Waals surface area contributed by atoms with Crippen LogP contribution in [0.15, 0.2) is 24.3 Å². The van der Waals surface area contributed by atoms with Gasteiger partial charge in [-0.05, 0) is 55.4 Å². The molecule has 1 aliphatic carbocycles. The number of hydrogen-bond donors (Lipinski definition) is 3. The molecule has 150 valence electrons. The van der Waals surface area contributed by atoms with Crippen molar-refractivity contribution < 1.29 is 14.3 Å². The molecule has 1 aromatic carbocycles. The highest BCUT2D eigenvalue weighted by Crippen LogP contribution is 2.28. The van der Waals surface area contributed by atoms with Gasteiger partial charge in [-0.3, -0.25) is 4.79 Å². The van der Waals surface area contributed by atoms with E-state index >= 15 is 0 Å². The average Bonchev–Trinajstić information content (AvgIpc) is 2.68. The fourth-order valence-electron chi connectivity index (χ4n) is 3.17. The average molecular weight is 393 g/mol. The Labute approximate surface area is 168 Å². The fourth-order valence-corrected chi connectivity index (χ4v) is 3.33. The summed E-state index contributed by atoms with van der Waals surface area (Å²) < 4.78 is 11.2. The summed E-state index contributed by atoms with van der Waals surface area (Å²) in [5, 5.41) is 6.33. The number of carbonyl (C=O) groups is 1. The molecule has 0 unspecified atom stereocenters. The Morgan fingerprint density at radius 2 is 2.00 bits per heavy atom. The molecule has 2 rings (SSSR count). The maximum atomic E-state index is 12.1. The summed E-state index contributed by atoms with van der Waals surface area (Å²) in [4.78, 5) is 12.1. The van der Waals surface area contributed by atoms with Gasteiger partial charge in [0.05, 0.1) is 7.11 Å². The molecular formula is C21H32N2O3S. The number of nitrogens with one attached hydrogen (secondary N) is 2. The van der Waals surface area contributed by atoms with Crippen LogP contribution in [0, 0.1) is 5.92 Å². The number of amides is 1. The molecule has 1 aliphatic rings. The number of carbonyl (C=O) groups excluding carboxylic acids is 1. The van der Waals surface area contributed by atoms with Crippen LogP contribution >= 0.6 is 12.6 Å². The Bertz CT molecular complexity index is 613. The molecule has 0 aromatic heterocycles. The summed E-state index contributed by atoms with van der Waals surface area (Å²) in [5.74, 6) is 2.90. The predicted octanol–water partition coefficient (Wildman–Crippen LogP) is 3.30. The quantitative estimate of drug-likeness (QED) is 0.325. The van der Waals surface area contributed by atoms with Crippen molar-refractivity contribution in [2.24, 2.45) is 5.92 Å². The molecule has 5 nitrogen and oxygen atoms in total. The van der Waals surface area contributed by atoms with Crippen LogP contribution in [0.2, 0.25) is 0 Å². The van der Waals surface area contributed by atoms with Crippen molar-refractivity contribution in [2.45, 2.75) is 38.6 Å². The Kier molecular flexibility index (Phi) is 9.56. The highest BCUT2D eigenvalue weighted by atomic mass is 32.1. The number of rotatable bonds is 10. The van der Waals surface area contributed by atoms with Gasteiger partial charge in [0, 0.05) is 31.0 Å². The van der Waals surface area contributed by atoms with Gasteiger partial charge in [-0.25, -0.2) is 0 Å². The van der Waals surface area contributed by atoms with E-state index in [-0.39, 0.29) is 5.91 Å². The summed E-state index contributed by atoms with van der Waals surface area (Å²) in [6.45, 7) is 4.44. The fraction of sp³-hybridized carbons (Fsp3) is 0.571. The highest BCUT2D eigenvalue weighted by molar-refractivity contribution is 7.80. The van der Waals surface area contributed by atoms with Crippen molar-refractivity contribution in [1.29, 1.82) is 0 Å². The molecule has 1 aromatic rings. The second-order valence-electron chi connectivity index (χ2n) is 7.03. The lowest BCUT2D eigenvalue weighted by molar-refractivity contribution is -0.117. The summed E-state index contributed by atoms with van der Waals surface area (Å²) in [6.07, 6.45) is 7.93. The minimum Gasteiger partial charge on any atom is -0.493 e. The van der Waals surface area contributed by atoms with Crippen LogP contribution in [0.3, 0.4) is 0 Å². The van der Waals surface area contributed by atoms with Crippen LogP contribution in [0.5, 0.6) is 11.5 Å². The van der Waals surface area contributed by atoms with Gasteiger partial charge in [0.15, 0.2) is 11.5 Å². The van der Waals surface area contributed by atoms with Crippen molar-refractivity contribution >= 4 is 24.6 Å². The predicted molar refractivity (Wildman–Crippen MR) is 114 cm³/mol. The molecule has 0 atom stereocenters. The third-order valence-corrected chi connectivity index (χ3v) is 5.03. The smallest absolute Gasteiger partial charge is 0.244 e. The van der Waals surface area contributed by atoms with E-state index < -0.39 is 0 Å². The van der Waals surface area contributed by atoms with Crippen LogP contribution in [0.1, 0.15) is 38.2 Å². The Morgan fingerprint density at radius 1 is 1.22 bits per heavy atom. The molecule has 0 aliphatic heterocycles. The van der Waals surface area contributed by atoms with Gasteiger partial charge >= 0.3 is 0 Å². The zero-order chi connectivity index (χ0) is 19.5. The van der Waals surface area contributed by atoms with Crippen molar-refractivity contribution in [3.05, 3.63) is 29.8 Å². The molecule has 0 saturated heterocycles. The lowest BCUT2D eigenvalue weighted by Gasteiger charge is -2.26. The molecule has 1 fully saturated rings. The van der Waals surface area contributed by atoms with E-state index in [4.69, 9.17) is 9.47 Å². The van der Waals surface area contributed by atoms with E-state index in [1.807, 2.05) is 18.2 Å². The summed E-state index contributed by atoms with van der Waals surface area (Å²) in [7, 11) is 1.62. The third kappa shape index (κ3) is 7.85. The first kappa shape index (κ1) is 21.6. The summed E-state index contributed by atoms with van der Waals surface area (Å²) in [6, 6.07) is 5.98. The van der Waals surface area contributed by atoms with Crippen LogP contribution in [0.4, 0.5) is 0 Å². The SMILES string of the molecule is COc1cc(C=CC(=O)N[C@H]2CC[C@H](C)CC2)ccc1OCCNCCS. The van der Waals surface area contributed by atoms with E-state index in [1.54, 1.807) is 19.3 Å². The minimum atomic E-state index is -0.0379. The number of hydrogen-bond acceptors (Lipinski definition) is 5. The molecular weight excluding hydrogens is 360 g/mol. The van der Waals surface area contributed by atoms with Gasteiger partial charge < -0.3 is 20.1 Å². The normalized spacial score (nSPS) is 19.8. The van der Waals surface area contributed by atoms with Crippen molar-refractivity contribution in [1.82, 2.24) is 10.6 Å². The molecule has 0 spiro atoms. The van der Waals surface area contributed by atoms with Crippen LogP contribution in [-0.4, -0.2) is 44.5 Å². The molecule has 1 amide bonds. The van der Waals surface area contributed by atoms with E-state index in [0.29, 0.717) is 24.1 Å². The summed E-state index contributed by atoms with van der Waals surface area (Å²) in [5.41, 5.74) is 0.903. The Morgan fingerprint density at radius 3 is 2.70 bits per heavy atom. The zero-order valence-corrected chi connectivity index (χ0v) is 17.3. The number of benzene rings is 1. The zero-order valence-electron chi connectivity index (χ0n) is 16.4. The van der Waals surface area contributed by atoms with Crippen LogP contribution in [-0.2, 0) is 4.79 Å². The topological polar surface area (TPSA) is 59.6 Å². The molecule has 1 saturated carbocycles. The molecule has 2 N–H and O–H groups in total. The monoisotopic (exact) mass is 392 g/mol. The van der Waals surface area contributed by atoms with E-state index in [2.05, 4.69) is 30.2 Å². The first-order chi connectivity index (χ1) is 13.1. The third-order valence-electron chi connectivity index (χ3n) is 4.80. The largest absolute Gasteiger partial charge is 0.493 e. The molecule has 0 radical (unpaired) electrons. The molecule has 0 heterocycles. The van der Waals surface area contributed by atoms with Crippen molar-refractivity contribution in [2.75, 3.05) is 32.6 Å². The minimum absolute atomic E-state index is 0.0379. The van der Waals surface area contributed by atoms with Gasteiger partial charge in [-0.1, -0.05) is 13.0 Å².